The van der Waals surface area contributed by atoms with Crippen LogP contribution in [0.4, 0.5) is 52.7 Å². The van der Waals surface area contributed by atoms with E-state index >= 15 is 0 Å². The summed E-state index contributed by atoms with van der Waals surface area (Å²) < 4.78 is 137. The van der Waals surface area contributed by atoms with E-state index < -0.39 is 60.7 Å². The Balaban J connectivity index is -0.000000411. The van der Waals surface area contributed by atoms with E-state index in [-0.39, 0.29) is 19.5 Å². The van der Waals surface area contributed by atoms with Crippen molar-refractivity contribution in [1.82, 2.24) is 0 Å². The number of hydrogen-bond acceptors (Lipinski definition) is 0. The molecule has 0 atom stereocenters. The molecule has 0 bridgehead atoms. The Kier molecular flexibility index (Phi) is 11.3. The molecule has 0 spiro atoms. The van der Waals surface area contributed by atoms with Crippen LogP contribution in [0.15, 0.2) is 0 Å². The van der Waals surface area contributed by atoms with E-state index in [1.807, 2.05) is 0 Å². The summed E-state index contributed by atoms with van der Waals surface area (Å²) in [6.45, 7) is 0. The summed E-state index contributed by atoms with van der Waals surface area (Å²) in [5, 5.41) is 0. The Morgan fingerprint density at radius 3 is 0.593 bits per heavy atom. The average molecular weight is 486 g/mol. The van der Waals surface area contributed by atoms with Crippen LogP contribution in [0.1, 0.15) is 12.8 Å². The second-order valence-corrected chi connectivity index (χ2v) is 4.13. The fourth-order valence-electron chi connectivity index (χ4n) is 0.718. The van der Waals surface area contributed by atoms with Crippen LogP contribution in [0.2, 0.25) is 0 Å². The minimum Gasteiger partial charge on any atom is -0.273 e. The van der Waals surface area contributed by atoms with E-state index in [1.54, 1.807) is 0 Å². The summed E-state index contributed by atoms with van der Waals surface area (Å²) in [5.74, 6) is -9.55. The van der Waals surface area contributed by atoms with Crippen LogP contribution in [0.3, 0.4) is 0 Å². The summed E-state index contributed by atoms with van der Waals surface area (Å²) in [7, 11) is 0. The topological polar surface area (TPSA) is 85.6 Å². The Morgan fingerprint density at radius 2 is 0.519 bits per heavy atom. The van der Waals surface area contributed by atoms with Gasteiger partial charge in [-0.1, -0.05) is 0 Å². The summed E-state index contributed by atoms with van der Waals surface area (Å²) in [4.78, 5) is 32.1. The molecule has 27 heavy (non-hydrogen) atoms. The number of hydrogen-bond donors (Lipinski definition) is 0. The first kappa shape index (κ1) is 30.2. The van der Waals surface area contributed by atoms with Crippen LogP contribution in [-0.2, 0) is 19.5 Å². The molecular formula is C10H8F12O4Zn+4. The molecule has 0 saturated heterocycles. The summed E-state index contributed by atoms with van der Waals surface area (Å²) >= 11 is 0. The van der Waals surface area contributed by atoms with E-state index in [4.69, 9.17) is 19.2 Å². The van der Waals surface area contributed by atoms with Gasteiger partial charge >= 0.3 is 47.8 Å². The average Bonchev–Trinajstić information content (AvgIpc) is 2.34. The zero-order valence-corrected chi connectivity index (χ0v) is 15.4. The third-order valence-electron chi connectivity index (χ3n) is 1.98. The number of rotatable bonds is 4. The molecule has 0 aliphatic carbocycles. The smallest absolute Gasteiger partial charge is 0.273 e. The SMILES string of the molecule is [OH+]=C(CC(=[OH+])C(F)(F)F)C(F)(F)F.[OH+]=C(CC(=[OH+])C(F)(F)F)C(F)(F)F.[Zn]. The number of carbonyl (C=O) groups excluding carboxylic acids is 4. The first-order chi connectivity index (χ1) is 11.1. The zero-order chi connectivity index (χ0) is 21.7. The molecular weight excluding hydrogens is 477 g/mol. The van der Waals surface area contributed by atoms with Gasteiger partial charge in [-0.05, 0) is 0 Å². The van der Waals surface area contributed by atoms with Crippen LogP contribution < -0.4 is 0 Å². The van der Waals surface area contributed by atoms with Crippen LogP contribution in [0.25, 0.3) is 0 Å². The van der Waals surface area contributed by atoms with Crippen LogP contribution in [0.5, 0.6) is 0 Å². The van der Waals surface area contributed by atoms with Gasteiger partial charge in [-0.25, -0.2) is 0 Å². The monoisotopic (exact) mass is 484 g/mol. The van der Waals surface area contributed by atoms with Crippen LogP contribution in [-0.4, -0.2) is 67.0 Å². The molecule has 0 unspecified atom stereocenters. The molecule has 17 heteroatoms. The van der Waals surface area contributed by atoms with E-state index in [0.29, 0.717) is 0 Å². The van der Waals surface area contributed by atoms with Crippen molar-refractivity contribution in [3.8, 4) is 0 Å². The molecule has 0 amide bonds. The van der Waals surface area contributed by atoms with Gasteiger partial charge in [0.25, 0.3) is 0 Å². The van der Waals surface area contributed by atoms with Crippen molar-refractivity contribution < 1.29 is 91.3 Å². The summed E-state index contributed by atoms with van der Waals surface area (Å²) in [6, 6.07) is 0. The van der Waals surface area contributed by atoms with E-state index in [9.17, 15) is 52.7 Å². The number of halogens is 12. The van der Waals surface area contributed by atoms with Crippen molar-refractivity contribution in [3.63, 3.8) is 0 Å². The Morgan fingerprint density at radius 1 is 0.407 bits per heavy atom. The third-order valence-corrected chi connectivity index (χ3v) is 1.98. The second-order valence-electron chi connectivity index (χ2n) is 4.13. The Hall–Kier alpha value is -1.54. The molecule has 0 fully saturated rings. The van der Waals surface area contributed by atoms with Gasteiger partial charge in [-0.15, -0.1) is 0 Å². The van der Waals surface area contributed by atoms with Crippen molar-refractivity contribution >= 4 is 23.1 Å². The summed E-state index contributed by atoms with van der Waals surface area (Å²) in [6.07, 6.45) is -24.9. The molecule has 4 N–H and O–H groups in total. The van der Waals surface area contributed by atoms with E-state index in [1.165, 1.54) is 0 Å². The van der Waals surface area contributed by atoms with E-state index in [0.717, 1.165) is 0 Å². The first-order valence-electron chi connectivity index (χ1n) is 5.58. The largest absolute Gasteiger partial charge is 0.505 e. The maximum atomic E-state index is 11.4. The predicted octanol–water partition coefficient (Wildman–Crippen LogP) is 3.18. The van der Waals surface area contributed by atoms with Crippen molar-refractivity contribution in [3.05, 3.63) is 0 Å². The van der Waals surface area contributed by atoms with Gasteiger partial charge in [0.05, 0.1) is 0 Å². The maximum Gasteiger partial charge on any atom is 0.505 e. The molecule has 0 aromatic heterocycles. The quantitative estimate of drug-likeness (QED) is 0.254. The molecule has 0 heterocycles. The molecule has 0 saturated carbocycles. The fourth-order valence-corrected chi connectivity index (χ4v) is 0.718. The molecule has 0 aliphatic heterocycles. The maximum absolute atomic E-state index is 11.4. The van der Waals surface area contributed by atoms with Gasteiger partial charge in [-0.2, -0.15) is 52.7 Å². The van der Waals surface area contributed by atoms with Crippen molar-refractivity contribution in [2.45, 2.75) is 37.5 Å². The van der Waals surface area contributed by atoms with E-state index in [2.05, 4.69) is 0 Å². The third kappa shape index (κ3) is 13.3. The molecule has 0 rings (SSSR count). The van der Waals surface area contributed by atoms with Crippen molar-refractivity contribution in [2.24, 2.45) is 0 Å². The Labute approximate surface area is 153 Å². The van der Waals surface area contributed by atoms with Crippen LogP contribution in [0, 0.1) is 0 Å². The Bertz CT molecular complexity index is 456. The van der Waals surface area contributed by atoms with Gasteiger partial charge in [0, 0.05) is 19.5 Å². The molecule has 0 aromatic rings. The zero-order valence-electron chi connectivity index (χ0n) is 12.4. The number of ketones is 4. The minimum atomic E-state index is -5.25. The van der Waals surface area contributed by atoms with Crippen LogP contribution >= 0.6 is 0 Å². The second kappa shape index (κ2) is 10.1. The first-order valence-corrected chi connectivity index (χ1v) is 5.58. The number of alkyl halides is 12. The molecule has 0 radical (unpaired) electrons. The van der Waals surface area contributed by atoms with Crippen molar-refractivity contribution in [1.29, 1.82) is 0 Å². The molecule has 0 aliphatic rings. The summed E-state index contributed by atoms with van der Waals surface area (Å²) in [5.41, 5.74) is 0. The van der Waals surface area contributed by atoms with Gasteiger partial charge in [0.1, 0.15) is 0 Å². The normalized spacial score (nSPS) is 12.3. The minimum absolute atomic E-state index is 0. The standard InChI is InChI=1S/2C5H2F6O2.Zn/c2*6-4(7,8)2(12)1-3(13)5(9,10)11;/h2*1H2;/p+4. The van der Waals surface area contributed by atoms with Gasteiger partial charge in [0.2, 0.25) is 0 Å². The predicted molar refractivity (Wildman–Crippen MR) is 61.2 cm³/mol. The molecule has 0 aromatic carbocycles. The van der Waals surface area contributed by atoms with Gasteiger partial charge in [-0.3, -0.25) is 19.2 Å². The van der Waals surface area contributed by atoms with Gasteiger partial charge < -0.3 is 0 Å². The van der Waals surface area contributed by atoms with Gasteiger partial charge in [0.15, 0.2) is 12.8 Å². The fraction of sp³-hybridized carbons (Fsp3) is 0.600. The van der Waals surface area contributed by atoms with Crippen molar-refractivity contribution in [2.75, 3.05) is 0 Å². The molecule has 4 nitrogen and oxygen atoms in total. The molecule has 154 valence electrons.